The number of amides is 1. The summed E-state index contributed by atoms with van der Waals surface area (Å²) in [5.41, 5.74) is 7.07. The first-order valence-electron chi connectivity index (χ1n) is 9.99. The van der Waals surface area contributed by atoms with Crippen molar-refractivity contribution < 1.29 is 4.79 Å². The molecule has 3 nitrogen and oxygen atoms in total. The van der Waals surface area contributed by atoms with Gasteiger partial charge in [-0.25, -0.2) is 0 Å². The highest BCUT2D eigenvalue weighted by atomic mass is 35.5. The van der Waals surface area contributed by atoms with Crippen LogP contribution in [-0.4, -0.2) is 17.4 Å². The number of pyridine rings is 1. The Labute approximate surface area is 171 Å². The van der Waals surface area contributed by atoms with Gasteiger partial charge in [0.05, 0.1) is 10.5 Å². The summed E-state index contributed by atoms with van der Waals surface area (Å²) in [5.74, 6) is -0.0108. The standard InChI is InChI=1S/C24H25ClN2O/c1-4-27(18-11-9-15(2)16(3)13-18)24(28)17-10-12-20-22(14-17)26-21-8-6-5-7-19(21)23(20)25/h9-14H,4-8H2,1-3H3. The van der Waals surface area contributed by atoms with Crippen molar-refractivity contribution in [1.82, 2.24) is 4.98 Å². The van der Waals surface area contributed by atoms with Crippen LogP contribution in [0.25, 0.3) is 10.9 Å². The molecule has 0 unspecified atom stereocenters. The maximum absolute atomic E-state index is 13.3. The minimum Gasteiger partial charge on any atom is -0.309 e. The van der Waals surface area contributed by atoms with Crippen LogP contribution in [0.3, 0.4) is 0 Å². The molecule has 3 aromatic rings. The van der Waals surface area contributed by atoms with Crippen molar-refractivity contribution in [1.29, 1.82) is 0 Å². The van der Waals surface area contributed by atoms with Crippen LogP contribution < -0.4 is 4.90 Å². The molecular formula is C24H25ClN2O. The van der Waals surface area contributed by atoms with E-state index in [4.69, 9.17) is 16.6 Å². The van der Waals surface area contributed by atoms with Crippen molar-refractivity contribution in [2.45, 2.75) is 46.5 Å². The normalized spacial score (nSPS) is 13.4. The zero-order chi connectivity index (χ0) is 19.8. The van der Waals surface area contributed by atoms with Crippen LogP contribution >= 0.6 is 11.6 Å². The molecule has 0 N–H and O–H groups in total. The summed E-state index contributed by atoms with van der Waals surface area (Å²) in [5, 5.41) is 1.74. The van der Waals surface area contributed by atoms with Gasteiger partial charge in [0.15, 0.2) is 0 Å². The molecule has 4 rings (SSSR count). The lowest BCUT2D eigenvalue weighted by Gasteiger charge is -2.23. The monoisotopic (exact) mass is 392 g/mol. The molecule has 0 saturated heterocycles. The summed E-state index contributed by atoms with van der Waals surface area (Å²) >= 11 is 6.67. The van der Waals surface area contributed by atoms with E-state index in [2.05, 4.69) is 26.0 Å². The molecule has 1 heterocycles. The fraction of sp³-hybridized carbons (Fsp3) is 0.333. The lowest BCUT2D eigenvalue weighted by atomic mass is 9.94. The molecule has 0 saturated carbocycles. The third kappa shape index (κ3) is 3.29. The lowest BCUT2D eigenvalue weighted by Crippen LogP contribution is -2.30. The number of halogens is 1. The Morgan fingerprint density at radius 3 is 2.61 bits per heavy atom. The average molecular weight is 393 g/mol. The van der Waals surface area contributed by atoms with Crippen molar-refractivity contribution in [3.63, 3.8) is 0 Å². The van der Waals surface area contributed by atoms with E-state index in [9.17, 15) is 4.79 Å². The van der Waals surface area contributed by atoms with Gasteiger partial charge in [-0.2, -0.15) is 0 Å². The van der Waals surface area contributed by atoms with Gasteiger partial charge in [-0.05, 0) is 87.4 Å². The minimum atomic E-state index is -0.0108. The molecule has 1 amide bonds. The molecule has 2 aromatic carbocycles. The fourth-order valence-corrected chi connectivity index (χ4v) is 4.36. The SMILES string of the molecule is CCN(C(=O)c1ccc2c(Cl)c3c(nc2c1)CCCC3)c1ccc(C)c(C)c1. The number of rotatable bonds is 3. The van der Waals surface area contributed by atoms with Crippen molar-refractivity contribution >= 4 is 34.1 Å². The van der Waals surface area contributed by atoms with E-state index in [1.54, 1.807) is 0 Å². The van der Waals surface area contributed by atoms with Crippen molar-refractivity contribution in [2.24, 2.45) is 0 Å². The van der Waals surface area contributed by atoms with Crippen molar-refractivity contribution in [3.8, 4) is 0 Å². The van der Waals surface area contributed by atoms with E-state index in [0.29, 0.717) is 12.1 Å². The fourth-order valence-electron chi connectivity index (χ4n) is 3.99. The molecule has 0 fully saturated rings. The predicted octanol–water partition coefficient (Wildman–Crippen LogP) is 6.05. The van der Waals surface area contributed by atoms with Crippen LogP contribution in [0.5, 0.6) is 0 Å². The maximum atomic E-state index is 13.3. The highest BCUT2D eigenvalue weighted by Gasteiger charge is 2.20. The first-order chi connectivity index (χ1) is 13.5. The Bertz CT molecular complexity index is 1070. The Balaban J connectivity index is 1.75. The quantitative estimate of drug-likeness (QED) is 0.543. The summed E-state index contributed by atoms with van der Waals surface area (Å²) in [7, 11) is 0. The van der Waals surface area contributed by atoms with Gasteiger partial charge in [-0.3, -0.25) is 9.78 Å². The topological polar surface area (TPSA) is 33.2 Å². The first kappa shape index (κ1) is 18.9. The van der Waals surface area contributed by atoms with Crippen LogP contribution in [0.2, 0.25) is 5.02 Å². The number of carbonyl (C=O) groups is 1. The summed E-state index contributed by atoms with van der Waals surface area (Å²) in [6.07, 6.45) is 4.27. The van der Waals surface area contributed by atoms with E-state index >= 15 is 0 Å². The van der Waals surface area contributed by atoms with Gasteiger partial charge < -0.3 is 4.90 Å². The maximum Gasteiger partial charge on any atom is 0.258 e. The smallest absolute Gasteiger partial charge is 0.258 e. The van der Waals surface area contributed by atoms with E-state index in [1.807, 2.05) is 36.1 Å². The molecular weight excluding hydrogens is 368 g/mol. The summed E-state index contributed by atoms with van der Waals surface area (Å²) in [6, 6.07) is 11.9. The van der Waals surface area contributed by atoms with Crippen molar-refractivity contribution in [3.05, 3.63) is 69.4 Å². The number of hydrogen-bond acceptors (Lipinski definition) is 2. The van der Waals surface area contributed by atoms with Gasteiger partial charge >= 0.3 is 0 Å². The molecule has 28 heavy (non-hydrogen) atoms. The van der Waals surface area contributed by atoms with E-state index < -0.39 is 0 Å². The van der Waals surface area contributed by atoms with Gasteiger partial charge in [-0.1, -0.05) is 23.7 Å². The molecule has 1 aromatic heterocycles. The summed E-state index contributed by atoms with van der Waals surface area (Å²) in [4.78, 5) is 19.9. The zero-order valence-corrected chi connectivity index (χ0v) is 17.4. The van der Waals surface area contributed by atoms with Crippen molar-refractivity contribution in [2.75, 3.05) is 11.4 Å². The molecule has 4 heteroatoms. The van der Waals surface area contributed by atoms with Gasteiger partial charge in [0.1, 0.15) is 0 Å². The van der Waals surface area contributed by atoms with Gasteiger partial charge in [0.2, 0.25) is 0 Å². The Kier molecular flexibility index (Phi) is 5.11. The Morgan fingerprint density at radius 2 is 1.86 bits per heavy atom. The van der Waals surface area contributed by atoms with Crippen LogP contribution in [0, 0.1) is 13.8 Å². The molecule has 0 spiro atoms. The Morgan fingerprint density at radius 1 is 1.07 bits per heavy atom. The second-order valence-electron chi connectivity index (χ2n) is 7.61. The molecule has 1 aliphatic rings. The molecule has 1 aliphatic carbocycles. The first-order valence-corrected chi connectivity index (χ1v) is 10.4. The van der Waals surface area contributed by atoms with Crippen LogP contribution in [0.15, 0.2) is 36.4 Å². The third-order valence-electron chi connectivity index (χ3n) is 5.80. The van der Waals surface area contributed by atoms with Gasteiger partial charge in [-0.15, -0.1) is 0 Å². The number of fused-ring (bicyclic) bond motifs is 2. The number of anilines is 1. The molecule has 144 valence electrons. The zero-order valence-electron chi connectivity index (χ0n) is 16.7. The van der Waals surface area contributed by atoms with E-state index in [1.165, 1.54) is 16.7 Å². The number of benzene rings is 2. The molecule has 0 radical (unpaired) electrons. The second-order valence-corrected chi connectivity index (χ2v) is 7.99. The molecule has 0 atom stereocenters. The predicted molar refractivity (Wildman–Crippen MR) is 117 cm³/mol. The summed E-state index contributed by atoms with van der Waals surface area (Å²) in [6.45, 7) is 6.76. The molecule has 0 bridgehead atoms. The van der Waals surface area contributed by atoms with E-state index in [-0.39, 0.29) is 5.91 Å². The van der Waals surface area contributed by atoms with Gasteiger partial charge in [0.25, 0.3) is 5.91 Å². The van der Waals surface area contributed by atoms with Crippen LogP contribution in [0.4, 0.5) is 5.69 Å². The number of aryl methyl sites for hydroxylation is 3. The van der Waals surface area contributed by atoms with Gasteiger partial charge in [0, 0.05) is 28.9 Å². The highest BCUT2D eigenvalue weighted by Crippen LogP contribution is 2.33. The van der Waals surface area contributed by atoms with E-state index in [0.717, 1.165) is 53.0 Å². The number of carbonyl (C=O) groups excluding carboxylic acids is 1. The number of aromatic nitrogens is 1. The highest BCUT2D eigenvalue weighted by molar-refractivity contribution is 6.36. The van der Waals surface area contributed by atoms with Crippen LogP contribution in [0.1, 0.15) is 52.5 Å². The minimum absolute atomic E-state index is 0.0108. The Hall–Kier alpha value is -2.39. The lowest BCUT2D eigenvalue weighted by molar-refractivity contribution is 0.0988. The van der Waals surface area contributed by atoms with Crippen LogP contribution in [-0.2, 0) is 12.8 Å². The third-order valence-corrected chi connectivity index (χ3v) is 6.24. The largest absolute Gasteiger partial charge is 0.309 e. The average Bonchev–Trinajstić information content (AvgIpc) is 2.71. The number of nitrogens with zero attached hydrogens (tertiary/aromatic N) is 2. The summed E-state index contributed by atoms with van der Waals surface area (Å²) < 4.78 is 0. The second kappa shape index (κ2) is 7.56. The number of hydrogen-bond donors (Lipinski definition) is 0. The molecule has 0 aliphatic heterocycles.